The fraction of sp³-hybridized carbons (Fsp3) is 0.435. The molecule has 0 heterocycles. The number of nitrogens with one attached hydrogen (secondary N) is 1. The summed E-state index contributed by atoms with van der Waals surface area (Å²) in [6.07, 6.45) is 4.04. The molecule has 0 saturated heterocycles. The Hall–Kier alpha value is -2.13. The lowest BCUT2D eigenvalue weighted by atomic mass is 9.75. The van der Waals surface area contributed by atoms with Crippen LogP contribution < -0.4 is 5.32 Å². The SMILES string of the molecule is Cc1ccc(C2(C(=O)N[C@@H](Cc3ccccc3)C3CC(O)C3)CC2)cc1. The Kier molecular flexibility index (Phi) is 4.58. The Morgan fingerprint density at radius 2 is 1.77 bits per heavy atom. The smallest absolute Gasteiger partial charge is 0.230 e. The van der Waals surface area contributed by atoms with E-state index in [1.165, 1.54) is 11.1 Å². The van der Waals surface area contributed by atoms with Crippen LogP contribution in [0.2, 0.25) is 0 Å². The van der Waals surface area contributed by atoms with Crippen LogP contribution in [0.15, 0.2) is 54.6 Å². The van der Waals surface area contributed by atoms with Crippen LogP contribution in [0.25, 0.3) is 0 Å². The van der Waals surface area contributed by atoms with Crippen molar-refractivity contribution in [1.82, 2.24) is 5.32 Å². The van der Waals surface area contributed by atoms with Gasteiger partial charge in [-0.15, -0.1) is 0 Å². The summed E-state index contributed by atoms with van der Waals surface area (Å²) in [5.74, 6) is 0.520. The first kappa shape index (κ1) is 17.3. The van der Waals surface area contributed by atoms with E-state index in [-0.39, 0.29) is 23.5 Å². The number of hydrogen-bond acceptors (Lipinski definition) is 2. The largest absolute Gasteiger partial charge is 0.393 e. The molecule has 2 aliphatic rings. The molecular weight excluding hydrogens is 322 g/mol. The van der Waals surface area contributed by atoms with Crippen molar-refractivity contribution in [3.05, 3.63) is 71.3 Å². The fourth-order valence-electron chi connectivity index (χ4n) is 4.11. The summed E-state index contributed by atoms with van der Waals surface area (Å²) in [7, 11) is 0. The van der Waals surface area contributed by atoms with Gasteiger partial charge in [-0.1, -0.05) is 60.2 Å². The highest BCUT2D eigenvalue weighted by molar-refractivity contribution is 5.91. The van der Waals surface area contributed by atoms with Crippen molar-refractivity contribution in [3.63, 3.8) is 0 Å². The van der Waals surface area contributed by atoms with E-state index < -0.39 is 0 Å². The fourth-order valence-corrected chi connectivity index (χ4v) is 4.11. The molecule has 3 heteroatoms. The lowest BCUT2D eigenvalue weighted by Crippen LogP contribution is -2.50. The average Bonchev–Trinajstić information content (AvgIpc) is 3.42. The van der Waals surface area contributed by atoms with Crippen LogP contribution in [0.4, 0.5) is 0 Å². The molecule has 0 radical (unpaired) electrons. The molecule has 0 aromatic heterocycles. The minimum absolute atomic E-state index is 0.0937. The number of aliphatic hydroxyl groups is 1. The molecule has 2 aromatic carbocycles. The van der Waals surface area contributed by atoms with Crippen LogP contribution in [0, 0.1) is 12.8 Å². The van der Waals surface area contributed by atoms with Crippen LogP contribution >= 0.6 is 0 Å². The van der Waals surface area contributed by atoms with Gasteiger partial charge in [0.05, 0.1) is 11.5 Å². The number of hydrogen-bond donors (Lipinski definition) is 2. The second-order valence-corrected chi connectivity index (χ2v) is 8.10. The minimum Gasteiger partial charge on any atom is -0.393 e. The summed E-state index contributed by atoms with van der Waals surface area (Å²) in [6.45, 7) is 2.07. The van der Waals surface area contributed by atoms with Gasteiger partial charge in [0.1, 0.15) is 0 Å². The highest BCUT2D eigenvalue weighted by Crippen LogP contribution is 2.48. The molecule has 4 rings (SSSR count). The molecule has 2 N–H and O–H groups in total. The molecule has 3 nitrogen and oxygen atoms in total. The topological polar surface area (TPSA) is 49.3 Å². The third-order valence-electron chi connectivity index (χ3n) is 6.12. The second-order valence-electron chi connectivity index (χ2n) is 8.10. The van der Waals surface area contributed by atoms with Crippen molar-refractivity contribution >= 4 is 5.91 Å². The molecule has 2 saturated carbocycles. The lowest BCUT2D eigenvalue weighted by Gasteiger charge is -2.39. The number of aliphatic hydroxyl groups excluding tert-OH is 1. The number of carbonyl (C=O) groups is 1. The first-order chi connectivity index (χ1) is 12.6. The van der Waals surface area contributed by atoms with Crippen molar-refractivity contribution < 1.29 is 9.90 Å². The van der Waals surface area contributed by atoms with Crippen molar-refractivity contribution in [3.8, 4) is 0 Å². The molecule has 26 heavy (non-hydrogen) atoms. The van der Waals surface area contributed by atoms with E-state index >= 15 is 0 Å². The molecule has 0 aliphatic heterocycles. The van der Waals surface area contributed by atoms with E-state index in [4.69, 9.17) is 0 Å². The second kappa shape index (κ2) is 6.88. The third-order valence-corrected chi connectivity index (χ3v) is 6.12. The zero-order valence-electron chi connectivity index (χ0n) is 15.3. The maximum absolute atomic E-state index is 13.2. The molecular formula is C23H27NO2. The molecule has 0 bridgehead atoms. The first-order valence-corrected chi connectivity index (χ1v) is 9.67. The maximum Gasteiger partial charge on any atom is 0.230 e. The Morgan fingerprint density at radius 1 is 1.12 bits per heavy atom. The van der Waals surface area contributed by atoms with Crippen molar-refractivity contribution in [2.24, 2.45) is 5.92 Å². The van der Waals surface area contributed by atoms with Gasteiger partial charge in [0.2, 0.25) is 5.91 Å². The van der Waals surface area contributed by atoms with E-state index in [1.54, 1.807) is 0 Å². The van der Waals surface area contributed by atoms with Crippen LogP contribution in [0.1, 0.15) is 42.4 Å². The predicted octanol–water partition coefficient (Wildman–Crippen LogP) is 3.53. The molecule has 0 unspecified atom stereocenters. The third kappa shape index (κ3) is 3.41. The Balaban J connectivity index is 1.49. The van der Waals surface area contributed by atoms with E-state index in [1.807, 2.05) is 18.2 Å². The minimum atomic E-state index is -0.342. The lowest BCUT2D eigenvalue weighted by molar-refractivity contribution is -0.125. The predicted molar refractivity (Wildman–Crippen MR) is 103 cm³/mol. The molecule has 2 aromatic rings. The van der Waals surface area contributed by atoms with Crippen molar-refractivity contribution in [2.75, 3.05) is 0 Å². The standard InChI is InChI=1S/C23H27NO2/c1-16-7-9-19(10-8-16)23(11-12-23)22(26)24-21(18-14-20(25)15-18)13-17-5-3-2-4-6-17/h2-10,18,20-21,25H,11-15H2,1H3,(H,24,26)/t18?,20?,21-/m0/s1. The van der Waals surface area contributed by atoms with E-state index in [0.29, 0.717) is 5.92 Å². The number of aryl methyl sites for hydroxylation is 1. The zero-order valence-corrected chi connectivity index (χ0v) is 15.3. The molecule has 136 valence electrons. The quantitative estimate of drug-likeness (QED) is 0.838. The maximum atomic E-state index is 13.2. The van der Waals surface area contributed by atoms with Crippen LogP contribution in [0.5, 0.6) is 0 Å². The van der Waals surface area contributed by atoms with E-state index in [2.05, 4.69) is 48.6 Å². The molecule has 1 atom stereocenters. The van der Waals surface area contributed by atoms with Gasteiger partial charge < -0.3 is 10.4 Å². The number of amides is 1. The molecule has 2 aliphatic carbocycles. The summed E-state index contributed by atoms with van der Waals surface area (Å²) in [6, 6.07) is 18.8. The van der Waals surface area contributed by atoms with Gasteiger partial charge in [-0.3, -0.25) is 4.79 Å². The van der Waals surface area contributed by atoms with Gasteiger partial charge in [-0.2, -0.15) is 0 Å². The van der Waals surface area contributed by atoms with Crippen molar-refractivity contribution in [1.29, 1.82) is 0 Å². The highest BCUT2D eigenvalue weighted by Gasteiger charge is 2.52. The monoisotopic (exact) mass is 349 g/mol. The Bertz CT molecular complexity index is 759. The van der Waals surface area contributed by atoms with Gasteiger partial charge in [-0.25, -0.2) is 0 Å². The zero-order chi connectivity index (χ0) is 18.1. The van der Waals surface area contributed by atoms with Crippen molar-refractivity contribution in [2.45, 2.75) is 56.6 Å². The summed E-state index contributed by atoms with van der Waals surface area (Å²) in [5, 5.41) is 13.1. The summed E-state index contributed by atoms with van der Waals surface area (Å²) >= 11 is 0. The summed E-state index contributed by atoms with van der Waals surface area (Å²) in [5.41, 5.74) is 3.24. The van der Waals surface area contributed by atoms with Gasteiger partial charge in [-0.05, 0) is 56.1 Å². The van der Waals surface area contributed by atoms with Crippen LogP contribution in [-0.4, -0.2) is 23.2 Å². The molecule has 0 spiro atoms. The van der Waals surface area contributed by atoms with Gasteiger partial charge >= 0.3 is 0 Å². The Labute approximate surface area is 155 Å². The number of rotatable bonds is 6. The van der Waals surface area contributed by atoms with E-state index in [9.17, 15) is 9.90 Å². The number of carbonyl (C=O) groups excluding carboxylic acids is 1. The highest BCUT2D eigenvalue weighted by atomic mass is 16.3. The van der Waals surface area contributed by atoms with Gasteiger partial charge in [0.15, 0.2) is 0 Å². The van der Waals surface area contributed by atoms with E-state index in [0.717, 1.165) is 37.7 Å². The van der Waals surface area contributed by atoms with Gasteiger partial charge in [0, 0.05) is 6.04 Å². The summed E-state index contributed by atoms with van der Waals surface area (Å²) < 4.78 is 0. The average molecular weight is 349 g/mol. The van der Waals surface area contributed by atoms with Crippen LogP contribution in [0.3, 0.4) is 0 Å². The normalized spacial score (nSPS) is 24.4. The Morgan fingerprint density at radius 3 is 2.35 bits per heavy atom. The molecule has 2 fully saturated rings. The molecule has 1 amide bonds. The summed E-state index contributed by atoms with van der Waals surface area (Å²) in [4.78, 5) is 13.2. The first-order valence-electron chi connectivity index (χ1n) is 9.67. The number of benzene rings is 2. The van der Waals surface area contributed by atoms with Gasteiger partial charge in [0.25, 0.3) is 0 Å². The van der Waals surface area contributed by atoms with Crippen LogP contribution in [-0.2, 0) is 16.6 Å².